The SMILES string of the molecule is COC(=O)c1ccc(NS(=O)(=O)c2cccc(-c3ccc(Cl)cc3)c2F)c(OC)c1. The van der Waals surface area contributed by atoms with E-state index in [1.165, 1.54) is 44.6 Å². The fourth-order valence-electron chi connectivity index (χ4n) is 2.79. The third-order valence-corrected chi connectivity index (χ3v) is 5.91. The first-order valence-electron chi connectivity index (χ1n) is 8.60. The molecule has 9 heteroatoms. The standard InChI is InChI=1S/C21H17ClFNO5S/c1-28-18-12-14(21(25)29-2)8-11-17(18)24-30(26,27)19-5-3-4-16(20(19)23)13-6-9-15(22)10-7-13/h3-12,24H,1-2H3. The predicted octanol–water partition coefficient (Wildman–Crippen LogP) is 4.74. The van der Waals surface area contributed by atoms with Crippen molar-refractivity contribution in [1.29, 1.82) is 0 Å². The van der Waals surface area contributed by atoms with Crippen molar-refractivity contribution in [2.24, 2.45) is 0 Å². The highest BCUT2D eigenvalue weighted by atomic mass is 35.5. The van der Waals surface area contributed by atoms with Crippen molar-refractivity contribution >= 4 is 33.3 Å². The van der Waals surface area contributed by atoms with Gasteiger partial charge in [0.25, 0.3) is 10.0 Å². The van der Waals surface area contributed by atoms with Crippen LogP contribution in [0.25, 0.3) is 11.1 Å². The minimum Gasteiger partial charge on any atom is -0.495 e. The van der Waals surface area contributed by atoms with Crippen LogP contribution in [0.3, 0.4) is 0 Å². The first-order chi connectivity index (χ1) is 14.3. The third kappa shape index (κ3) is 4.39. The van der Waals surface area contributed by atoms with Crippen molar-refractivity contribution in [2.45, 2.75) is 4.90 Å². The van der Waals surface area contributed by atoms with E-state index in [2.05, 4.69) is 9.46 Å². The lowest BCUT2D eigenvalue weighted by Gasteiger charge is -2.14. The molecule has 3 aromatic carbocycles. The van der Waals surface area contributed by atoms with Gasteiger partial charge in [0.2, 0.25) is 0 Å². The third-order valence-electron chi connectivity index (χ3n) is 4.27. The second kappa shape index (κ2) is 8.73. The van der Waals surface area contributed by atoms with Gasteiger partial charge in [-0.15, -0.1) is 0 Å². The van der Waals surface area contributed by atoms with Crippen LogP contribution in [0.4, 0.5) is 10.1 Å². The summed E-state index contributed by atoms with van der Waals surface area (Å²) in [6, 6.07) is 14.5. The van der Waals surface area contributed by atoms with Crippen LogP contribution in [0, 0.1) is 5.82 Å². The van der Waals surface area contributed by atoms with Crippen molar-refractivity contribution < 1.29 is 27.1 Å². The van der Waals surface area contributed by atoms with Crippen LogP contribution in [-0.4, -0.2) is 28.6 Å². The Morgan fingerprint density at radius 1 is 1.03 bits per heavy atom. The molecule has 0 unspecified atom stereocenters. The normalized spacial score (nSPS) is 11.1. The summed E-state index contributed by atoms with van der Waals surface area (Å²) < 4.78 is 53.0. The summed E-state index contributed by atoms with van der Waals surface area (Å²) in [5.41, 5.74) is 0.811. The molecule has 0 atom stereocenters. The van der Waals surface area contributed by atoms with Crippen molar-refractivity contribution in [1.82, 2.24) is 0 Å². The Labute approximate surface area is 178 Å². The number of hydrogen-bond acceptors (Lipinski definition) is 5. The lowest BCUT2D eigenvalue weighted by atomic mass is 10.1. The van der Waals surface area contributed by atoms with Crippen molar-refractivity contribution in [3.8, 4) is 16.9 Å². The van der Waals surface area contributed by atoms with E-state index < -0.39 is 26.7 Å². The Bertz CT molecular complexity index is 1200. The molecule has 0 aliphatic rings. The lowest BCUT2D eigenvalue weighted by molar-refractivity contribution is 0.0600. The molecule has 0 amide bonds. The number of nitrogens with one attached hydrogen (secondary N) is 1. The second-order valence-electron chi connectivity index (χ2n) is 6.14. The van der Waals surface area contributed by atoms with Crippen LogP contribution in [0.15, 0.2) is 65.6 Å². The minimum absolute atomic E-state index is 0.0430. The highest BCUT2D eigenvalue weighted by molar-refractivity contribution is 7.92. The number of ether oxygens (including phenoxy) is 2. The molecule has 0 saturated heterocycles. The summed E-state index contributed by atoms with van der Waals surface area (Å²) in [5, 5.41) is 0.479. The Morgan fingerprint density at radius 3 is 2.37 bits per heavy atom. The van der Waals surface area contributed by atoms with Gasteiger partial charge in [-0.3, -0.25) is 4.72 Å². The van der Waals surface area contributed by atoms with Crippen molar-refractivity contribution in [3.05, 3.63) is 77.1 Å². The van der Waals surface area contributed by atoms with Gasteiger partial charge in [0.15, 0.2) is 5.82 Å². The molecule has 0 fully saturated rings. The molecule has 0 saturated carbocycles. The summed E-state index contributed by atoms with van der Waals surface area (Å²) >= 11 is 5.86. The van der Waals surface area contributed by atoms with Crippen LogP contribution in [-0.2, 0) is 14.8 Å². The van der Waals surface area contributed by atoms with Crippen LogP contribution in [0.2, 0.25) is 5.02 Å². The molecule has 0 aliphatic carbocycles. The summed E-state index contributed by atoms with van der Waals surface area (Å²) in [6.07, 6.45) is 0. The molecule has 1 N–H and O–H groups in total. The van der Waals surface area contributed by atoms with E-state index in [9.17, 15) is 13.2 Å². The maximum atomic E-state index is 15.1. The molecule has 3 rings (SSSR count). The lowest BCUT2D eigenvalue weighted by Crippen LogP contribution is -2.16. The molecular weight excluding hydrogens is 433 g/mol. The molecule has 3 aromatic rings. The topological polar surface area (TPSA) is 81.7 Å². The molecule has 156 valence electrons. The highest BCUT2D eigenvalue weighted by Crippen LogP contribution is 2.32. The van der Waals surface area contributed by atoms with Crippen LogP contribution < -0.4 is 9.46 Å². The monoisotopic (exact) mass is 449 g/mol. The van der Waals surface area contributed by atoms with Gasteiger partial charge in [0.1, 0.15) is 10.6 Å². The number of benzene rings is 3. The van der Waals surface area contributed by atoms with Gasteiger partial charge in [-0.2, -0.15) is 0 Å². The smallest absolute Gasteiger partial charge is 0.337 e. The number of methoxy groups -OCH3 is 2. The van der Waals surface area contributed by atoms with Gasteiger partial charge in [0.05, 0.1) is 25.5 Å². The Balaban J connectivity index is 2.00. The predicted molar refractivity (Wildman–Crippen MR) is 112 cm³/mol. The van der Waals surface area contributed by atoms with Gasteiger partial charge in [-0.05, 0) is 42.0 Å². The first kappa shape index (κ1) is 21.6. The van der Waals surface area contributed by atoms with Crippen LogP contribution in [0.1, 0.15) is 10.4 Å². The Morgan fingerprint density at radius 2 is 1.73 bits per heavy atom. The number of sulfonamides is 1. The van der Waals surface area contributed by atoms with E-state index in [-0.39, 0.29) is 22.6 Å². The fourth-order valence-corrected chi connectivity index (χ4v) is 4.09. The summed E-state index contributed by atoms with van der Waals surface area (Å²) in [4.78, 5) is 11.1. The number of rotatable bonds is 6. The maximum Gasteiger partial charge on any atom is 0.337 e. The van der Waals surface area contributed by atoms with E-state index in [1.807, 2.05) is 0 Å². The number of halogens is 2. The number of carbonyl (C=O) groups is 1. The van der Waals surface area contributed by atoms with Gasteiger partial charge in [-0.25, -0.2) is 17.6 Å². The largest absolute Gasteiger partial charge is 0.495 e. The average molecular weight is 450 g/mol. The molecule has 0 spiro atoms. The van der Waals surface area contributed by atoms with Crippen molar-refractivity contribution in [3.63, 3.8) is 0 Å². The van der Waals surface area contributed by atoms with Crippen LogP contribution in [0.5, 0.6) is 5.75 Å². The molecule has 0 aliphatic heterocycles. The van der Waals surface area contributed by atoms with E-state index in [4.69, 9.17) is 16.3 Å². The van der Waals surface area contributed by atoms with E-state index in [0.29, 0.717) is 10.6 Å². The first-order valence-corrected chi connectivity index (χ1v) is 10.5. The minimum atomic E-state index is -4.30. The molecular formula is C21H17ClFNO5S. The van der Waals surface area contributed by atoms with Gasteiger partial charge in [-0.1, -0.05) is 35.9 Å². The van der Waals surface area contributed by atoms with E-state index in [0.717, 1.165) is 6.07 Å². The van der Waals surface area contributed by atoms with E-state index in [1.54, 1.807) is 24.3 Å². The fraction of sp³-hybridized carbons (Fsp3) is 0.0952. The Hall–Kier alpha value is -3.10. The zero-order chi connectivity index (χ0) is 21.9. The summed E-state index contributed by atoms with van der Waals surface area (Å²) in [7, 11) is -1.76. The van der Waals surface area contributed by atoms with Crippen LogP contribution >= 0.6 is 11.6 Å². The number of anilines is 1. The number of esters is 1. The second-order valence-corrected chi connectivity index (χ2v) is 8.22. The molecule has 0 heterocycles. The number of hydrogen-bond donors (Lipinski definition) is 1. The molecule has 6 nitrogen and oxygen atoms in total. The maximum absolute atomic E-state index is 15.1. The van der Waals surface area contributed by atoms with Gasteiger partial charge in [0, 0.05) is 10.6 Å². The zero-order valence-corrected chi connectivity index (χ0v) is 17.6. The molecule has 30 heavy (non-hydrogen) atoms. The quantitative estimate of drug-likeness (QED) is 0.549. The van der Waals surface area contributed by atoms with Gasteiger partial charge >= 0.3 is 5.97 Å². The molecule has 0 radical (unpaired) electrons. The molecule has 0 bridgehead atoms. The zero-order valence-electron chi connectivity index (χ0n) is 16.0. The summed E-state index contributed by atoms with van der Waals surface area (Å²) in [6.45, 7) is 0. The van der Waals surface area contributed by atoms with Crippen molar-refractivity contribution in [2.75, 3.05) is 18.9 Å². The van der Waals surface area contributed by atoms with E-state index >= 15 is 4.39 Å². The summed E-state index contributed by atoms with van der Waals surface area (Å²) in [5.74, 6) is -1.43. The average Bonchev–Trinajstić information content (AvgIpc) is 2.74. The molecule has 0 aromatic heterocycles. The Kier molecular flexibility index (Phi) is 6.28. The number of carbonyl (C=O) groups excluding carboxylic acids is 1. The highest BCUT2D eigenvalue weighted by Gasteiger charge is 2.23. The van der Waals surface area contributed by atoms with Gasteiger partial charge < -0.3 is 9.47 Å².